The van der Waals surface area contributed by atoms with E-state index < -0.39 is 0 Å². The number of amides is 1. The van der Waals surface area contributed by atoms with Crippen molar-refractivity contribution >= 4 is 34.9 Å². The van der Waals surface area contributed by atoms with Gasteiger partial charge in [0, 0.05) is 18.2 Å². The number of halogens is 1. The molecule has 2 heterocycles. The van der Waals surface area contributed by atoms with Crippen molar-refractivity contribution in [1.82, 2.24) is 19.5 Å². The number of hydrogen-bond acceptors (Lipinski definition) is 5. The minimum atomic E-state index is -0.326. The Bertz CT molecular complexity index is 1260. The third-order valence-electron chi connectivity index (χ3n) is 5.81. The van der Waals surface area contributed by atoms with Crippen molar-refractivity contribution in [3.63, 3.8) is 0 Å². The zero-order valence-electron chi connectivity index (χ0n) is 17.5. The number of nitrogens with zero attached hydrogens (tertiary/aromatic N) is 4. The highest BCUT2D eigenvalue weighted by Gasteiger charge is 2.24. The molecule has 0 unspecified atom stereocenters. The molecule has 2 aromatic heterocycles. The third-order valence-corrected chi connectivity index (χ3v) is 5.81. The van der Waals surface area contributed by atoms with Gasteiger partial charge in [0.05, 0.1) is 11.9 Å². The number of nitrogens with one attached hydrogen (secondary N) is 2. The summed E-state index contributed by atoms with van der Waals surface area (Å²) < 4.78 is 16.4. The summed E-state index contributed by atoms with van der Waals surface area (Å²) in [5.74, 6) is 0.922. The summed E-state index contributed by atoms with van der Waals surface area (Å²) in [7, 11) is 0. The van der Waals surface area contributed by atoms with Gasteiger partial charge in [0.15, 0.2) is 5.65 Å². The van der Waals surface area contributed by atoms with Crippen LogP contribution in [-0.4, -0.2) is 25.9 Å². The molecule has 162 valence electrons. The van der Waals surface area contributed by atoms with Gasteiger partial charge in [-0.3, -0.25) is 9.36 Å². The van der Waals surface area contributed by atoms with Gasteiger partial charge in [0.25, 0.3) is 0 Å². The van der Waals surface area contributed by atoms with Gasteiger partial charge in [0.1, 0.15) is 17.2 Å². The number of imidazole rings is 1. The fraction of sp³-hybridized carbons (Fsp3) is 0.250. The molecule has 0 spiro atoms. The smallest absolute Gasteiger partial charge is 0.211 e. The van der Waals surface area contributed by atoms with E-state index in [1.807, 2.05) is 24.3 Å². The van der Waals surface area contributed by atoms with E-state index in [-0.39, 0.29) is 11.9 Å². The van der Waals surface area contributed by atoms with E-state index in [9.17, 15) is 9.18 Å². The molecule has 0 bridgehead atoms. The maximum Gasteiger partial charge on any atom is 0.211 e. The van der Waals surface area contributed by atoms with Crippen LogP contribution in [0, 0.1) is 5.82 Å². The van der Waals surface area contributed by atoms with Crippen LogP contribution in [0.25, 0.3) is 11.2 Å². The number of rotatable bonds is 7. The Morgan fingerprint density at radius 1 is 1.09 bits per heavy atom. The number of carbonyl (C=O) groups excluding carboxylic acids is 1. The number of benzene rings is 2. The standard InChI is InChI=1S/C24H23FN6O/c25-19-10-3-4-11-20(19)28-24-29-21-14-26-22(13-16-6-5-7-17(12-16)27-15-32)30-23(21)31(24)18-8-1-2-9-18/h3-7,10-12,14-15,18H,1-2,8-9,13H2,(H,27,32)(H,28,29). The van der Waals surface area contributed by atoms with Crippen LogP contribution in [-0.2, 0) is 11.2 Å². The van der Waals surface area contributed by atoms with Crippen molar-refractivity contribution < 1.29 is 9.18 Å². The number of hydrogen-bond donors (Lipinski definition) is 2. The lowest BCUT2D eigenvalue weighted by molar-refractivity contribution is -0.105. The second-order valence-electron chi connectivity index (χ2n) is 7.98. The van der Waals surface area contributed by atoms with Gasteiger partial charge in [0.2, 0.25) is 12.4 Å². The highest BCUT2D eigenvalue weighted by Crippen LogP contribution is 2.35. The first-order valence-electron chi connectivity index (χ1n) is 10.8. The molecule has 4 aromatic rings. The van der Waals surface area contributed by atoms with Crippen molar-refractivity contribution in [3.05, 3.63) is 71.9 Å². The van der Waals surface area contributed by atoms with Crippen LogP contribution in [0.15, 0.2) is 54.7 Å². The number of aromatic nitrogens is 4. The lowest BCUT2D eigenvalue weighted by Gasteiger charge is -2.17. The summed E-state index contributed by atoms with van der Waals surface area (Å²) >= 11 is 0. The normalized spacial score (nSPS) is 14.0. The Morgan fingerprint density at radius 2 is 1.94 bits per heavy atom. The molecule has 2 aromatic carbocycles. The van der Waals surface area contributed by atoms with E-state index in [0.29, 0.717) is 35.8 Å². The molecule has 2 N–H and O–H groups in total. The maximum atomic E-state index is 14.3. The Balaban J connectivity index is 1.53. The second kappa shape index (κ2) is 8.74. The van der Waals surface area contributed by atoms with E-state index in [2.05, 4.69) is 20.2 Å². The summed E-state index contributed by atoms with van der Waals surface area (Å²) in [5.41, 5.74) is 3.53. The number of fused-ring (bicyclic) bond motifs is 1. The fourth-order valence-corrected chi connectivity index (χ4v) is 4.31. The molecule has 1 aliphatic carbocycles. The topological polar surface area (TPSA) is 84.7 Å². The van der Waals surface area contributed by atoms with Crippen molar-refractivity contribution in [1.29, 1.82) is 0 Å². The van der Waals surface area contributed by atoms with Crippen LogP contribution in [0.1, 0.15) is 43.1 Å². The zero-order valence-corrected chi connectivity index (χ0v) is 17.5. The predicted molar refractivity (Wildman–Crippen MR) is 121 cm³/mol. The van der Waals surface area contributed by atoms with Gasteiger partial charge in [-0.25, -0.2) is 19.3 Å². The summed E-state index contributed by atoms with van der Waals surface area (Å²) in [6.07, 6.45) is 7.29. The van der Waals surface area contributed by atoms with Gasteiger partial charge in [-0.2, -0.15) is 0 Å². The molecule has 32 heavy (non-hydrogen) atoms. The van der Waals surface area contributed by atoms with Gasteiger partial charge in [-0.1, -0.05) is 37.1 Å². The second-order valence-corrected chi connectivity index (χ2v) is 7.98. The van der Waals surface area contributed by atoms with Crippen LogP contribution < -0.4 is 10.6 Å². The largest absolute Gasteiger partial charge is 0.329 e. The number of anilines is 3. The van der Waals surface area contributed by atoms with E-state index in [4.69, 9.17) is 9.97 Å². The predicted octanol–water partition coefficient (Wildman–Crippen LogP) is 4.98. The first-order chi connectivity index (χ1) is 15.7. The van der Waals surface area contributed by atoms with Crippen LogP contribution in [0.5, 0.6) is 0 Å². The first kappa shape index (κ1) is 20.1. The molecule has 7 nitrogen and oxygen atoms in total. The van der Waals surface area contributed by atoms with Crippen molar-refractivity contribution in [2.24, 2.45) is 0 Å². The van der Waals surface area contributed by atoms with E-state index >= 15 is 0 Å². The molecule has 0 atom stereocenters. The van der Waals surface area contributed by atoms with Crippen LogP contribution in [0.2, 0.25) is 0 Å². The average molecular weight is 430 g/mol. The monoisotopic (exact) mass is 430 g/mol. The Kier molecular flexibility index (Phi) is 5.49. The van der Waals surface area contributed by atoms with Crippen LogP contribution in [0.4, 0.5) is 21.7 Å². The molecule has 0 radical (unpaired) electrons. The van der Waals surface area contributed by atoms with E-state index in [0.717, 1.165) is 42.6 Å². The lowest BCUT2D eigenvalue weighted by Crippen LogP contribution is -2.10. The lowest BCUT2D eigenvalue weighted by atomic mass is 10.1. The molecular formula is C24H23FN6O. The molecule has 0 saturated heterocycles. The number of carbonyl (C=O) groups is 1. The minimum absolute atomic E-state index is 0.261. The highest BCUT2D eigenvalue weighted by atomic mass is 19.1. The summed E-state index contributed by atoms with van der Waals surface area (Å²) in [6, 6.07) is 14.4. The van der Waals surface area contributed by atoms with Crippen LogP contribution in [0.3, 0.4) is 0 Å². The molecular weight excluding hydrogens is 407 g/mol. The van der Waals surface area contributed by atoms with Crippen LogP contribution >= 0.6 is 0 Å². The Labute approximate surface area is 184 Å². The SMILES string of the molecule is O=CNc1cccc(Cc2ncc3nc(Nc4ccccc4F)n(C4CCCC4)c3n2)c1. The van der Waals surface area contributed by atoms with Crippen molar-refractivity contribution in [2.45, 2.75) is 38.1 Å². The fourth-order valence-electron chi connectivity index (χ4n) is 4.31. The van der Waals surface area contributed by atoms with Crippen molar-refractivity contribution in [3.8, 4) is 0 Å². The van der Waals surface area contributed by atoms with Gasteiger partial charge < -0.3 is 10.6 Å². The summed E-state index contributed by atoms with van der Waals surface area (Å²) in [5, 5.41) is 5.83. The first-order valence-corrected chi connectivity index (χ1v) is 10.8. The van der Waals surface area contributed by atoms with Gasteiger partial charge in [-0.15, -0.1) is 0 Å². The van der Waals surface area contributed by atoms with Gasteiger partial charge in [-0.05, 0) is 42.7 Å². The molecule has 1 amide bonds. The molecule has 1 fully saturated rings. The zero-order chi connectivity index (χ0) is 21.9. The van der Waals surface area contributed by atoms with E-state index in [1.54, 1.807) is 24.4 Å². The minimum Gasteiger partial charge on any atom is -0.329 e. The summed E-state index contributed by atoms with van der Waals surface area (Å²) in [6.45, 7) is 0. The maximum absolute atomic E-state index is 14.3. The molecule has 1 saturated carbocycles. The highest BCUT2D eigenvalue weighted by molar-refractivity contribution is 5.76. The molecule has 1 aliphatic rings. The third kappa shape index (κ3) is 4.03. The van der Waals surface area contributed by atoms with Gasteiger partial charge >= 0.3 is 0 Å². The Hall–Kier alpha value is -3.81. The molecule has 5 rings (SSSR count). The summed E-state index contributed by atoms with van der Waals surface area (Å²) in [4.78, 5) is 24.8. The quantitative estimate of drug-likeness (QED) is 0.404. The Morgan fingerprint density at radius 3 is 2.75 bits per heavy atom. The molecule has 0 aliphatic heterocycles. The van der Waals surface area contributed by atoms with E-state index in [1.165, 1.54) is 6.07 Å². The molecule has 8 heteroatoms. The average Bonchev–Trinajstić information content (AvgIpc) is 3.43. The number of para-hydroxylation sites is 1. The van der Waals surface area contributed by atoms with Crippen molar-refractivity contribution in [2.75, 3.05) is 10.6 Å².